The van der Waals surface area contributed by atoms with E-state index >= 15 is 0 Å². The summed E-state index contributed by atoms with van der Waals surface area (Å²) >= 11 is 1.51. The van der Waals surface area contributed by atoms with Gasteiger partial charge >= 0.3 is 0 Å². The Morgan fingerprint density at radius 1 is 1.28 bits per heavy atom. The second-order valence-corrected chi connectivity index (χ2v) is 8.34. The van der Waals surface area contributed by atoms with Crippen LogP contribution in [0.15, 0.2) is 41.1 Å². The van der Waals surface area contributed by atoms with Crippen LogP contribution in [0.25, 0.3) is 10.2 Å². The van der Waals surface area contributed by atoms with Crippen molar-refractivity contribution in [3.8, 4) is 0 Å². The zero-order valence-electron chi connectivity index (χ0n) is 16.9. The number of aryl methyl sites for hydroxylation is 2. The molecule has 0 fully saturated rings. The molecular formula is C21H23N5O2S. The number of carbonyl (C=O) groups is 1. The SMILES string of the molecule is Cc1cc(C)n(CCN(C(=O)c2ccno2)c2nc3c(C(C)C)cccc3s2)n1. The highest BCUT2D eigenvalue weighted by Crippen LogP contribution is 2.34. The first-order valence-electron chi connectivity index (χ1n) is 9.57. The third-order valence-corrected chi connectivity index (χ3v) is 5.87. The molecule has 8 heteroatoms. The van der Waals surface area contributed by atoms with Crippen molar-refractivity contribution in [2.75, 3.05) is 11.4 Å². The number of amides is 1. The van der Waals surface area contributed by atoms with Gasteiger partial charge in [-0.1, -0.05) is 42.5 Å². The van der Waals surface area contributed by atoms with Crippen LogP contribution in [0.2, 0.25) is 0 Å². The van der Waals surface area contributed by atoms with Crippen LogP contribution in [0.4, 0.5) is 5.13 Å². The lowest BCUT2D eigenvalue weighted by atomic mass is 10.0. The van der Waals surface area contributed by atoms with Crippen LogP contribution in [-0.2, 0) is 6.54 Å². The summed E-state index contributed by atoms with van der Waals surface area (Å²) in [4.78, 5) is 19.6. The van der Waals surface area contributed by atoms with E-state index in [1.165, 1.54) is 23.1 Å². The van der Waals surface area contributed by atoms with Gasteiger partial charge in [0.1, 0.15) is 0 Å². The zero-order chi connectivity index (χ0) is 20.5. The van der Waals surface area contributed by atoms with Crippen LogP contribution < -0.4 is 4.90 Å². The molecule has 0 aliphatic rings. The molecular weight excluding hydrogens is 386 g/mol. The highest BCUT2D eigenvalue weighted by atomic mass is 32.1. The van der Waals surface area contributed by atoms with E-state index in [1.807, 2.05) is 36.7 Å². The second kappa shape index (κ2) is 7.79. The highest BCUT2D eigenvalue weighted by molar-refractivity contribution is 7.22. The minimum atomic E-state index is -0.255. The van der Waals surface area contributed by atoms with Crippen molar-refractivity contribution in [2.45, 2.75) is 40.2 Å². The Bertz CT molecular complexity index is 1140. The van der Waals surface area contributed by atoms with E-state index in [2.05, 4.69) is 30.2 Å². The predicted octanol–water partition coefficient (Wildman–Crippen LogP) is 4.57. The Morgan fingerprint density at radius 3 is 2.76 bits per heavy atom. The number of benzene rings is 1. The smallest absolute Gasteiger partial charge is 0.298 e. The van der Waals surface area contributed by atoms with Gasteiger partial charge in [-0.15, -0.1) is 0 Å². The summed E-state index contributed by atoms with van der Waals surface area (Å²) in [6.07, 6.45) is 1.47. The van der Waals surface area contributed by atoms with E-state index in [0.717, 1.165) is 21.6 Å². The number of hydrogen-bond donors (Lipinski definition) is 0. The van der Waals surface area contributed by atoms with Crippen molar-refractivity contribution < 1.29 is 9.32 Å². The van der Waals surface area contributed by atoms with Crippen LogP contribution in [0.1, 0.15) is 47.3 Å². The van der Waals surface area contributed by atoms with E-state index in [9.17, 15) is 4.79 Å². The monoisotopic (exact) mass is 409 g/mol. The van der Waals surface area contributed by atoms with Crippen LogP contribution in [-0.4, -0.2) is 32.4 Å². The maximum atomic E-state index is 13.1. The first-order chi connectivity index (χ1) is 13.9. The maximum Gasteiger partial charge on any atom is 0.298 e. The summed E-state index contributed by atoms with van der Waals surface area (Å²) in [6.45, 7) is 9.25. The molecule has 3 aromatic heterocycles. The van der Waals surface area contributed by atoms with E-state index in [4.69, 9.17) is 9.51 Å². The number of aromatic nitrogens is 4. The summed E-state index contributed by atoms with van der Waals surface area (Å²) < 4.78 is 8.10. The molecule has 7 nitrogen and oxygen atoms in total. The lowest BCUT2D eigenvalue weighted by Gasteiger charge is -2.18. The molecule has 0 N–H and O–H groups in total. The average molecular weight is 410 g/mol. The van der Waals surface area contributed by atoms with Crippen molar-refractivity contribution in [1.82, 2.24) is 19.9 Å². The van der Waals surface area contributed by atoms with E-state index < -0.39 is 0 Å². The third kappa shape index (κ3) is 3.80. The summed E-state index contributed by atoms with van der Waals surface area (Å²) in [5.74, 6) is 0.290. The van der Waals surface area contributed by atoms with Crippen molar-refractivity contribution in [3.05, 3.63) is 59.2 Å². The van der Waals surface area contributed by atoms with Crippen LogP contribution in [0, 0.1) is 13.8 Å². The first-order valence-corrected chi connectivity index (χ1v) is 10.4. The number of anilines is 1. The molecule has 29 heavy (non-hydrogen) atoms. The van der Waals surface area contributed by atoms with Crippen molar-refractivity contribution in [2.24, 2.45) is 0 Å². The van der Waals surface area contributed by atoms with Crippen molar-refractivity contribution in [3.63, 3.8) is 0 Å². The summed E-state index contributed by atoms with van der Waals surface area (Å²) in [7, 11) is 0. The Balaban J connectivity index is 1.71. The van der Waals surface area contributed by atoms with E-state index in [1.54, 1.807) is 11.0 Å². The quantitative estimate of drug-likeness (QED) is 0.466. The maximum absolute atomic E-state index is 13.1. The molecule has 4 rings (SSSR count). The van der Waals surface area contributed by atoms with Gasteiger partial charge < -0.3 is 4.52 Å². The lowest BCUT2D eigenvalue weighted by Crippen LogP contribution is -2.34. The Labute approximate surface area is 173 Å². The normalized spacial score (nSPS) is 11.5. The van der Waals surface area contributed by atoms with E-state index in [-0.39, 0.29) is 11.7 Å². The number of hydrogen-bond acceptors (Lipinski definition) is 6. The van der Waals surface area contributed by atoms with Crippen molar-refractivity contribution >= 4 is 32.6 Å². The molecule has 1 aromatic carbocycles. The molecule has 3 heterocycles. The zero-order valence-corrected chi connectivity index (χ0v) is 17.7. The molecule has 0 unspecified atom stereocenters. The number of fused-ring (bicyclic) bond motifs is 1. The van der Waals surface area contributed by atoms with Gasteiger partial charge in [0.2, 0.25) is 5.76 Å². The number of thiazole rings is 1. The Hall–Kier alpha value is -3.00. The topological polar surface area (TPSA) is 77.0 Å². The number of nitrogens with zero attached hydrogens (tertiary/aromatic N) is 5. The molecule has 150 valence electrons. The third-order valence-electron chi connectivity index (χ3n) is 4.82. The van der Waals surface area contributed by atoms with E-state index in [0.29, 0.717) is 24.1 Å². The molecule has 4 aromatic rings. The van der Waals surface area contributed by atoms with Crippen molar-refractivity contribution in [1.29, 1.82) is 0 Å². The molecule has 1 amide bonds. The summed E-state index contributed by atoms with van der Waals surface area (Å²) in [5.41, 5.74) is 4.14. The first kappa shape index (κ1) is 19.3. The number of para-hydroxylation sites is 1. The van der Waals surface area contributed by atoms with Gasteiger partial charge in [-0.3, -0.25) is 14.4 Å². The van der Waals surface area contributed by atoms with Gasteiger partial charge in [-0.25, -0.2) is 4.98 Å². The summed E-state index contributed by atoms with van der Waals surface area (Å²) in [6, 6.07) is 9.77. The standard InChI is InChI=1S/C21H23N5O2S/c1-13(2)16-6-5-7-18-19(16)23-21(29-18)25(20(27)17-8-9-22-28-17)10-11-26-15(4)12-14(3)24-26/h5-9,12-13H,10-11H2,1-4H3. The van der Waals surface area contributed by atoms with Gasteiger partial charge in [0, 0.05) is 18.3 Å². The minimum Gasteiger partial charge on any atom is -0.351 e. The molecule has 0 radical (unpaired) electrons. The summed E-state index contributed by atoms with van der Waals surface area (Å²) in [5, 5.41) is 8.83. The second-order valence-electron chi connectivity index (χ2n) is 7.33. The van der Waals surface area contributed by atoms with Gasteiger partial charge in [0.05, 0.1) is 28.7 Å². The molecule has 0 saturated carbocycles. The lowest BCUT2D eigenvalue weighted by molar-refractivity contribution is 0.0950. The van der Waals surface area contributed by atoms with Crippen LogP contribution >= 0.6 is 11.3 Å². The highest BCUT2D eigenvalue weighted by Gasteiger charge is 2.25. The van der Waals surface area contributed by atoms with Crippen LogP contribution in [0.5, 0.6) is 0 Å². The number of rotatable bonds is 6. The van der Waals surface area contributed by atoms with Gasteiger partial charge in [0.25, 0.3) is 5.91 Å². The molecule has 0 saturated heterocycles. The van der Waals surface area contributed by atoms with Gasteiger partial charge in [0.15, 0.2) is 5.13 Å². The largest absolute Gasteiger partial charge is 0.351 e. The Kier molecular flexibility index (Phi) is 5.19. The molecule has 0 atom stereocenters. The van der Waals surface area contributed by atoms with Crippen LogP contribution in [0.3, 0.4) is 0 Å². The fraction of sp³-hybridized carbons (Fsp3) is 0.333. The molecule has 0 spiro atoms. The molecule has 0 bridgehead atoms. The molecule has 0 aliphatic carbocycles. The van der Waals surface area contributed by atoms with Gasteiger partial charge in [-0.2, -0.15) is 5.10 Å². The molecule has 0 aliphatic heterocycles. The minimum absolute atomic E-state index is 0.196. The fourth-order valence-corrected chi connectivity index (χ4v) is 4.40. The predicted molar refractivity (Wildman–Crippen MR) is 114 cm³/mol. The average Bonchev–Trinajstić information content (AvgIpc) is 3.41. The Morgan fingerprint density at radius 2 is 2.10 bits per heavy atom. The fourth-order valence-electron chi connectivity index (χ4n) is 3.38. The number of carbonyl (C=O) groups excluding carboxylic acids is 1. The van der Waals surface area contributed by atoms with Gasteiger partial charge in [-0.05, 0) is 37.5 Å².